The van der Waals surface area contributed by atoms with Gasteiger partial charge in [-0.3, -0.25) is 9.59 Å². The molecule has 2 rings (SSSR count). The number of nitrogens with one attached hydrogen (secondary N) is 2. The highest BCUT2D eigenvalue weighted by Crippen LogP contribution is 2.30. The number of benzene rings is 2. The van der Waals surface area contributed by atoms with Crippen molar-refractivity contribution in [1.82, 2.24) is 5.43 Å². The fourth-order valence-corrected chi connectivity index (χ4v) is 2.11. The van der Waals surface area contributed by atoms with Crippen LogP contribution in [-0.4, -0.2) is 18.0 Å². The van der Waals surface area contributed by atoms with Gasteiger partial charge in [0.25, 0.3) is 0 Å². The molecule has 0 saturated carbocycles. The Morgan fingerprint density at radius 2 is 1.70 bits per heavy atom. The van der Waals surface area contributed by atoms with Crippen molar-refractivity contribution >= 4 is 23.7 Å². The molecule has 0 saturated heterocycles. The van der Waals surface area contributed by atoms with Crippen molar-refractivity contribution in [3.05, 3.63) is 65.2 Å². The molecule has 2 amide bonds. The molecule has 0 aliphatic rings. The number of carbonyl (C=O) groups excluding carboxylic acids is 2. The van der Waals surface area contributed by atoms with Crippen molar-refractivity contribution < 1.29 is 22.8 Å². The Bertz CT molecular complexity index is 831. The van der Waals surface area contributed by atoms with E-state index in [9.17, 15) is 22.8 Å². The Morgan fingerprint density at radius 1 is 1.04 bits per heavy atom. The van der Waals surface area contributed by atoms with Crippen LogP contribution in [0.5, 0.6) is 0 Å². The second kappa shape index (κ2) is 8.98. The van der Waals surface area contributed by atoms with Crippen LogP contribution in [0, 0.1) is 6.92 Å². The van der Waals surface area contributed by atoms with Crippen molar-refractivity contribution in [2.24, 2.45) is 5.10 Å². The van der Waals surface area contributed by atoms with E-state index in [0.717, 1.165) is 23.3 Å². The van der Waals surface area contributed by atoms with Gasteiger partial charge < -0.3 is 5.32 Å². The molecule has 0 bridgehead atoms. The maximum Gasteiger partial charge on any atom is 0.416 e. The molecule has 8 heteroatoms. The molecule has 142 valence electrons. The predicted octanol–water partition coefficient (Wildman–Crippen LogP) is 3.88. The van der Waals surface area contributed by atoms with Gasteiger partial charge in [0.15, 0.2) is 0 Å². The van der Waals surface area contributed by atoms with Crippen LogP contribution in [-0.2, 0) is 15.8 Å². The van der Waals surface area contributed by atoms with Gasteiger partial charge in [0, 0.05) is 18.5 Å². The highest BCUT2D eigenvalue weighted by Gasteiger charge is 2.30. The van der Waals surface area contributed by atoms with E-state index in [1.165, 1.54) is 18.3 Å². The third-order valence-corrected chi connectivity index (χ3v) is 3.53. The summed E-state index contributed by atoms with van der Waals surface area (Å²) in [6.07, 6.45) is -3.34. The average Bonchev–Trinajstić information content (AvgIpc) is 2.61. The summed E-state index contributed by atoms with van der Waals surface area (Å²) in [5, 5.41) is 6.13. The Kier molecular flexibility index (Phi) is 6.70. The highest BCUT2D eigenvalue weighted by atomic mass is 19.4. The lowest BCUT2D eigenvalue weighted by Crippen LogP contribution is -2.20. The number of alkyl halides is 3. The van der Waals surface area contributed by atoms with Crippen LogP contribution in [0.15, 0.2) is 53.6 Å². The SMILES string of the molecule is Cc1ccc(/C=N\NC(=O)CCC(=O)Nc2cccc(C(F)(F)F)c2)cc1. The minimum absolute atomic E-state index is 0.0209. The molecular weight excluding hydrogens is 359 g/mol. The van der Waals surface area contributed by atoms with Gasteiger partial charge in [-0.25, -0.2) is 5.43 Å². The summed E-state index contributed by atoms with van der Waals surface area (Å²) < 4.78 is 37.9. The number of halogens is 3. The van der Waals surface area contributed by atoms with Gasteiger partial charge in [0.1, 0.15) is 0 Å². The maximum absolute atomic E-state index is 12.6. The van der Waals surface area contributed by atoms with Gasteiger partial charge in [-0.2, -0.15) is 18.3 Å². The molecular formula is C19H18F3N3O2. The third kappa shape index (κ3) is 6.93. The van der Waals surface area contributed by atoms with Crippen molar-refractivity contribution in [3.8, 4) is 0 Å². The summed E-state index contributed by atoms with van der Waals surface area (Å²) in [4.78, 5) is 23.5. The summed E-state index contributed by atoms with van der Waals surface area (Å²) in [6, 6.07) is 11.8. The molecule has 0 spiro atoms. The molecule has 5 nitrogen and oxygen atoms in total. The number of amides is 2. The summed E-state index contributed by atoms with van der Waals surface area (Å²) in [7, 11) is 0. The van der Waals surface area contributed by atoms with Crippen LogP contribution in [0.25, 0.3) is 0 Å². The zero-order valence-electron chi connectivity index (χ0n) is 14.5. The van der Waals surface area contributed by atoms with E-state index in [1.807, 2.05) is 31.2 Å². The van der Waals surface area contributed by atoms with Gasteiger partial charge in [-0.05, 0) is 30.7 Å². The normalized spacial score (nSPS) is 11.4. The lowest BCUT2D eigenvalue weighted by atomic mass is 10.2. The van der Waals surface area contributed by atoms with Crippen LogP contribution in [0.1, 0.15) is 29.5 Å². The molecule has 0 fully saturated rings. The first-order valence-electron chi connectivity index (χ1n) is 8.10. The Hall–Kier alpha value is -3.16. The van der Waals surface area contributed by atoms with Gasteiger partial charge in [-0.1, -0.05) is 35.9 Å². The first-order chi connectivity index (χ1) is 12.7. The highest BCUT2D eigenvalue weighted by molar-refractivity contribution is 5.93. The minimum Gasteiger partial charge on any atom is -0.326 e. The molecule has 27 heavy (non-hydrogen) atoms. The molecule has 0 unspecified atom stereocenters. The summed E-state index contributed by atoms with van der Waals surface area (Å²) in [6.45, 7) is 1.95. The van der Waals surface area contributed by atoms with E-state index < -0.39 is 23.6 Å². The van der Waals surface area contributed by atoms with Crippen LogP contribution < -0.4 is 10.7 Å². The number of aryl methyl sites for hydroxylation is 1. The molecule has 0 aliphatic heterocycles. The Balaban J connectivity index is 1.78. The molecule has 2 N–H and O–H groups in total. The second-order valence-corrected chi connectivity index (χ2v) is 5.83. The van der Waals surface area contributed by atoms with Gasteiger partial charge in [-0.15, -0.1) is 0 Å². The molecule has 0 atom stereocenters. The lowest BCUT2D eigenvalue weighted by Gasteiger charge is -2.09. The van der Waals surface area contributed by atoms with Crippen LogP contribution in [0.4, 0.5) is 18.9 Å². The number of hydrogen-bond acceptors (Lipinski definition) is 3. The third-order valence-electron chi connectivity index (χ3n) is 3.53. The number of hydrogen-bond donors (Lipinski definition) is 2. The number of anilines is 1. The molecule has 2 aromatic carbocycles. The second-order valence-electron chi connectivity index (χ2n) is 5.83. The number of carbonyl (C=O) groups is 2. The van der Waals surface area contributed by atoms with E-state index in [1.54, 1.807) is 0 Å². The first kappa shape index (κ1) is 20.2. The smallest absolute Gasteiger partial charge is 0.326 e. The molecule has 2 aromatic rings. The molecule has 0 radical (unpaired) electrons. The van der Waals surface area contributed by atoms with E-state index >= 15 is 0 Å². The largest absolute Gasteiger partial charge is 0.416 e. The van der Waals surface area contributed by atoms with Crippen molar-refractivity contribution in [1.29, 1.82) is 0 Å². The van der Waals surface area contributed by atoms with E-state index in [4.69, 9.17) is 0 Å². The number of nitrogens with zero attached hydrogens (tertiary/aromatic N) is 1. The Labute approximate surface area is 154 Å². The van der Waals surface area contributed by atoms with Crippen molar-refractivity contribution in [3.63, 3.8) is 0 Å². The maximum atomic E-state index is 12.6. The zero-order valence-corrected chi connectivity index (χ0v) is 14.5. The summed E-state index contributed by atoms with van der Waals surface area (Å²) >= 11 is 0. The van der Waals surface area contributed by atoms with Crippen LogP contribution in [0.2, 0.25) is 0 Å². The predicted molar refractivity (Wildman–Crippen MR) is 96.2 cm³/mol. The lowest BCUT2D eigenvalue weighted by molar-refractivity contribution is -0.137. The fraction of sp³-hybridized carbons (Fsp3) is 0.211. The first-order valence-corrected chi connectivity index (χ1v) is 8.10. The quantitative estimate of drug-likeness (QED) is 0.592. The minimum atomic E-state index is -4.49. The van der Waals surface area contributed by atoms with E-state index in [-0.39, 0.29) is 18.5 Å². The topological polar surface area (TPSA) is 70.6 Å². The van der Waals surface area contributed by atoms with Crippen LogP contribution in [0.3, 0.4) is 0 Å². The van der Waals surface area contributed by atoms with Gasteiger partial charge >= 0.3 is 6.18 Å². The van der Waals surface area contributed by atoms with E-state index in [0.29, 0.717) is 0 Å². The molecule has 0 aromatic heterocycles. The monoisotopic (exact) mass is 377 g/mol. The Morgan fingerprint density at radius 3 is 2.37 bits per heavy atom. The summed E-state index contributed by atoms with van der Waals surface area (Å²) in [5.74, 6) is -1.04. The van der Waals surface area contributed by atoms with Gasteiger partial charge in [0.05, 0.1) is 11.8 Å². The van der Waals surface area contributed by atoms with Crippen LogP contribution >= 0.6 is 0 Å². The number of rotatable bonds is 6. The molecule has 0 aliphatic carbocycles. The molecule has 0 heterocycles. The van der Waals surface area contributed by atoms with Gasteiger partial charge in [0.2, 0.25) is 11.8 Å². The number of hydrazone groups is 1. The average molecular weight is 377 g/mol. The summed E-state index contributed by atoms with van der Waals surface area (Å²) in [5.41, 5.74) is 3.37. The van der Waals surface area contributed by atoms with E-state index in [2.05, 4.69) is 15.8 Å². The fourth-order valence-electron chi connectivity index (χ4n) is 2.11. The van der Waals surface area contributed by atoms with Crippen molar-refractivity contribution in [2.75, 3.05) is 5.32 Å². The zero-order chi connectivity index (χ0) is 19.9. The standard InChI is InChI=1S/C19H18F3N3O2/c1-13-5-7-14(8-6-13)12-23-25-18(27)10-9-17(26)24-16-4-2-3-15(11-16)19(20,21)22/h2-8,11-12H,9-10H2,1H3,(H,24,26)(H,25,27)/b23-12-. The van der Waals surface area contributed by atoms with Crippen molar-refractivity contribution in [2.45, 2.75) is 25.9 Å².